The van der Waals surface area contributed by atoms with Gasteiger partial charge in [-0.25, -0.2) is 0 Å². The number of ether oxygens (including phenoxy) is 22. The van der Waals surface area contributed by atoms with Gasteiger partial charge in [0, 0.05) is 11.8 Å². The molecule has 684 valence electrons. The van der Waals surface area contributed by atoms with E-state index in [1.165, 1.54) is 28.4 Å². The maximum absolute atomic E-state index is 15.0. The molecule has 8 bridgehead atoms. The van der Waals surface area contributed by atoms with Crippen molar-refractivity contribution >= 4 is 71.6 Å². The van der Waals surface area contributed by atoms with Gasteiger partial charge in [-0.15, -0.1) is 0 Å². The van der Waals surface area contributed by atoms with Gasteiger partial charge in [-0.3, -0.25) is 57.5 Å². The number of rotatable bonds is 36. The molecule has 0 radical (unpaired) electrons. The summed E-state index contributed by atoms with van der Waals surface area (Å²) in [6, 6.07) is 47.0. The summed E-state index contributed by atoms with van der Waals surface area (Å²) < 4.78 is 131. The van der Waals surface area contributed by atoms with E-state index in [2.05, 4.69) is 0 Å². The van der Waals surface area contributed by atoms with Crippen LogP contribution in [-0.2, 0) is 154 Å². The van der Waals surface area contributed by atoms with Crippen LogP contribution in [0.5, 0.6) is 23.0 Å². The lowest BCUT2D eigenvalue weighted by Gasteiger charge is -2.54. The first-order valence-corrected chi connectivity index (χ1v) is 41.9. The van der Waals surface area contributed by atoms with E-state index in [1.54, 1.807) is 90.4 Å². The Morgan fingerprint density at radius 3 is 0.734 bits per heavy atom. The highest BCUT2D eigenvalue weighted by Crippen LogP contribution is 2.77. The van der Waals surface area contributed by atoms with Crippen molar-refractivity contribution in [2.45, 2.75) is 176 Å². The lowest BCUT2D eigenvalue weighted by Crippen LogP contribution is -2.75. The van der Waals surface area contributed by atoms with Gasteiger partial charge in [0.05, 0.1) is 148 Å². The van der Waals surface area contributed by atoms with Gasteiger partial charge in [-0.1, -0.05) is 123 Å². The van der Waals surface area contributed by atoms with Crippen LogP contribution >= 0.6 is 0 Å². The molecule has 0 saturated carbocycles. The third-order valence-electron chi connectivity index (χ3n) is 25.9. The van der Waals surface area contributed by atoms with E-state index in [-0.39, 0.29) is 51.7 Å². The topological polar surface area (TPSA) is 408 Å². The van der Waals surface area contributed by atoms with E-state index in [0.717, 1.165) is 28.4 Å². The summed E-state index contributed by atoms with van der Waals surface area (Å²) >= 11 is 0. The highest BCUT2D eigenvalue weighted by molar-refractivity contribution is 5.96. The smallest absolute Gasteiger partial charge is 0.318 e. The molecular weight excluding hydrogens is 1670 g/mol. The first kappa shape index (κ1) is 93.6. The van der Waals surface area contributed by atoms with Crippen molar-refractivity contribution in [2.24, 2.45) is 33.5 Å². The molecule has 8 fully saturated rings. The maximum atomic E-state index is 15.0. The molecule has 0 N–H and O–H groups in total. The quantitative estimate of drug-likeness (QED) is 0.0204. The summed E-state index contributed by atoms with van der Waals surface area (Å²) in [5.41, 5.74) is -8.13. The van der Waals surface area contributed by atoms with Gasteiger partial charge in [0.2, 0.25) is 0 Å². The largest absolute Gasteiger partial charge is 0.497 e. The second kappa shape index (κ2) is 38.9. The molecular formula is C94H104O34. The minimum absolute atomic E-state index is 0.0922. The number of carbonyl (C=O) groups excluding carboxylic acids is 12. The Morgan fingerprint density at radius 2 is 0.484 bits per heavy atom. The Kier molecular flexibility index (Phi) is 28.4. The van der Waals surface area contributed by atoms with E-state index in [0.29, 0.717) is 56.4 Å². The molecule has 8 heterocycles. The molecule has 0 spiro atoms. The van der Waals surface area contributed by atoms with Crippen molar-refractivity contribution in [3.05, 3.63) is 191 Å². The summed E-state index contributed by atoms with van der Waals surface area (Å²) in [6.07, 6.45) is -22.2. The van der Waals surface area contributed by atoms with Crippen molar-refractivity contribution < 1.29 is 162 Å². The fraction of sp³-hybridized carbons (Fsp3) is 0.489. The minimum Gasteiger partial charge on any atom is -0.497 e. The van der Waals surface area contributed by atoms with Gasteiger partial charge in [-0.2, -0.15) is 0 Å². The van der Waals surface area contributed by atoms with Crippen LogP contribution < -0.4 is 18.9 Å². The predicted molar refractivity (Wildman–Crippen MR) is 439 cm³/mol. The average molecular weight is 1780 g/mol. The van der Waals surface area contributed by atoms with Crippen molar-refractivity contribution in [2.75, 3.05) is 84.3 Å². The van der Waals surface area contributed by atoms with Crippen LogP contribution in [0.15, 0.2) is 158 Å². The molecule has 34 heteroatoms. The normalized spacial score (nSPS) is 28.4. The van der Waals surface area contributed by atoms with Crippen LogP contribution in [-0.4, -0.2) is 241 Å². The molecule has 8 aliphatic rings. The molecule has 128 heavy (non-hydrogen) atoms. The first-order chi connectivity index (χ1) is 61.6. The van der Waals surface area contributed by atoms with Crippen LogP contribution in [0.1, 0.15) is 112 Å². The lowest BCUT2D eigenvalue weighted by atomic mass is 9.46. The van der Waals surface area contributed by atoms with Gasteiger partial charge in [0.1, 0.15) is 117 Å². The molecule has 6 aromatic carbocycles. The number of hydrogen-bond donors (Lipinski definition) is 0. The predicted octanol–water partition coefficient (Wildman–Crippen LogP) is 8.04. The van der Waals surface area contributed by atoms with E-state index in [1.807, 2.05) is 109 Å². The van der Waals surface area contributed by atoms with Crippen molar-refractivity contribution in [1.82, 2.24) is 0 Å². The van der Waals surface area contributed by atoms with Gasteiger partial charge < -0.3 is 104 Å². The second-order valence-corrected chi connectivity index (χ2v) is 31.8. The van der Waals surface area contributed by atoms with Gasteiger partial charge in [0.15, 0.2) is 12.2 Å². The molecule has 0 aromatic heterocycles. The standard InChI is InChI=1S/2C47H52O17/c1-8-59-33(49)23-25-35(51)61-37-38(64-47(27-12-10-9-11-13-27,28-14-18-30(54-3)19-15-28)29-16-20-31(55-4)21-17-29)42-45(43(52)57-6)39-26(2)36(60-34(50)24-22-32(48)56-5)40(62-39)46(45,41(37)63-42)44(53)58-7;1-8-59-33(49)23-25-35(51)61-37-38(64-47(27-12-10-9-11-13-27,28-14-18-30(54-3)19-15-28)29-16-20-31(55-4)21-17-29)42-46(44(53)58-7)40-36(60-34(50)24-22-32(48)56-5)26(2)39(62-40)45(46,41(37)63-42)43(52)57-6/h2*9-21,26,36-42H,8,22-25H2,1-7H3/t26-,36+,37+,38-,39?,40+,41+,42?,45-,46+;26-,36+,37-,38+,39?,40+,41?,42+,45-,46+/m00/s1. The van der Waals surface area contributed by atoms with Crippen LogP contribution in [0.4, 0.5) is 0 Å². The highest BCUT2D eigenvalue weighted by atomic mass is 16.7. The van der Waals surface area contributed by atoms with E-state index < -0.39 is 215 Å². The molecule has 6 aromatic rings. The minimum atomic E-state index is -2.18. The van der Waals surface area contributed by atoms with Crippen molar-refractivity contribution in [1.29, 1.82) is 0 Å². The number of carbonyl (C=O) groups is 12. The Bertz CT molecular complexity index is 4950. The van der Waals surface area contributed by atoms with E-state index in [9.17, 15) is 52.7 Å². The van der Waals surface area contributed by atoms with Gasteiger partial charge in [-0.05, 0) is 95.8 Å². The van der Waals surface area contributed by atoms with E-state index >= 15 is 4.79 Å². The number of methoxy groups -OCH3 is 10. The van der Waals surface area contributed by atoms with E-state index in [4.69, 9.17) is 104 Å². The molecule has 4 unspecified atom stereocenters. The summed E-state index contributed by atoms with van der Waals surface area (Å²) in [7, 11) is 13.1. The Balaban J connectivity index is 0.000000219. The summed E-state index contributed by atoms with van der Waals surface area (Å²) in [5.74, 6) is -8.95. The third kappa shape index (κ3) is 15.5. The number of hydrogen-bond acceptors (Lipinski definition) is 34. The molecule has 8 aliphatic heterocycles. The molecule has 34 nitrogen and oxygen atoms in total. The van der Waals surface area contributed by atoms with Crippen LogP contribution in [0.25, 0.3) is 0 Å². The number of esters is 12. The van der Waals surface area contributed by atoms with Crippen LogP contribution in [0.2, 0.25) is 0 Å². The molecule has 0 aliphatic carbocycles. The summed E-state index contributed by atoms with van der Waals surface area (Å²) in [4.78, 5) is 163. The second-order valence-electron chi connectivity index (χ2n) is 31.8. The molecule has 0 amide bonds. The average Bonchev–Trinajstić information content (AvgIpc) is 1.46. The Labute approximate surface area is 737 Å². The Morgan fingerprint density at radius 1 is 0.266 bits per heavy atom. The molecule has 20 atom stereocenters. The lowest BCUT2D eigenvalue weighted by molar-refractivity contribution is -0.218. The first-order valence-electron chi connectivity index (χ1n) is 41.9. The van der Waals surface area contributed by atoms with Crippen LogP contribution in [0.3, 0.4) is 0 Å². The SMILES string of the molecule is CCOC(=O)CCC(=O)O[C@@H]1C2O[C@H]([C@@H]1OC(c1ccccc1)(c1ccc(OC)cc1)c1ccc(OC)cc1)[C@@]1(C(=O)OC)[C@@H]3OC([C@@H](C)[C@H]3OC(=O)CCC(=O)OC)[C@@]21C(=O)OC.CCOC(=O)CCC(=O)O[C@@H]1[C@H](OC(c2ccccc2)(c2ccc(OC)cc2)c2ccc(OC)cc2)C2O[C@H]1[C@@]1(C(=O)OC)[C@@H]3OC([C@@H](C)[C@H]3OC(=O)CCC(=O)OC)[C@@]21C(=O)OC. The summed E-state index contributed by atoms with van der Waals surface area (Å²) in [5, 5.41) is 0. The monoisotopic (exact) mass is 1780 g/mol. The van der Waals surface area contributed by atoms with Crippen molar-refractivity contribution in [3.63, 3.8) is 0 Å². The zero-order chi connectivity index (χ0) is 92.0. The Hall–Kier alpha value is -12.1. The van der Waals surface area contributed by atoms with Gasteiger partial charge >= 0.3 is 71.6 Å². The molecule has 8 saturated heterocycles. The molecule has 14 rings (SSSR count). The van der Waals surface area contributed by atoms with Gasteiger partial charge in [0.25, 0.3) is 0 Å². The van der Waals surface area contributed by atoms with Crippen LogP contribution in [0, 0.1) is 33.5 Å². The fourth-order valence-corrected chi connectivity index (χ4v) is 20.6. The maximum Gasteiger partial charge on any atom is 0.318 e. The third-order valence-corrected chi connectivity index (χ3v) is 25.9. The highest BCUT2D eigenvalue weighted by Gasteiger charge is 2.96. The zero-order valence-electron chi connectivity index (χ0n) is 73.2. The fourth-order valence-electron chi connectivity index (χ4n) is 20.6. The zero-order valence-corrected chi connectivity index (χ0v) is 73.2. The van der Waals surface area contributed by atoms with Crippen molar-refractivity contribution in [3.8, 4) is 23.0 Å². The number of fused-ring (bicyclic) bond motifs is 18. The summed E-state index contributed by atoms with van der Waals surface area (Å²) in [6.45, 7) is 6.85. The number of benzene rings is 6.